The van der Waals surface area contributed by atoms with Gasteiger partial charge in [0.1, 0.15) is 17.0 Å². The second-order valence-corrected chi connectivity index (χ2v) is 5.00. The number of carbonyl (C=O) groups excluding carboxylic acids is 2. The van der Waals surface area contributed by atoms with Gasteiger partial charge in [0, 0.05) is 0 Å². The van der Waals surface area contributed by atoms with Crippen molar-refractivity contribution in [2.75, 3.05) is 11.7 Å². The Morgan fingerprint density at radius 2 is 2.00 bits per heavy atom. The summed E-state index contributed by atoms with van der Waals surface area (Å²) in [6, 6.07) is 6.79. The third-order valence-corrected chi connectivity index (χ3v) is 2.22. The summed E-state index contributed by atoms with van der Waals surface area (Å²) in [5.74, 6) is 0.00946. The molecule has 0 aromatic heterocycles. The van der Waals surface area contributed by atoms with Crippen molar-refractivity contribution in [3.63, 3.8) is 0 Å². The van der Waals surface area contributed by atoms with Gasteiger partial charge in [-0.05, 0) is 32.9 Å². The van der Waals surface area contributed by atoms with Gasteiger partial charge in [0.25, 0.3) is 5.91 Å². The lowest BCUT2D eigenvalue weighted by atomic mass is 10.2. The van der Waals surface area contributed by atoms with Crippen LogP contribution in [0, 0.1) is 0 Å². The third-order valence-electron chi connectivity index (χ3n) is 2.22. The van der Waals surface area contributed by atoms with Crippen LogP contribution in [0.4, 0.5) is 10.5 Å². The van der Waals surface area contributed by atoms with E-state index in [4.69, 9.17) is 14.3 Å². The number of benzene rings is 1. The molecule has 1 aliphatic rings. The Balaban J connectivity index is 2.16. The first-order chi connectivity index (χ1) is 8.87. The highest BCUT2D eigenvalue weighted by atomic mass is 16.8. The Kier molecular flexibility index (Phi) is 3.33. The van der Waals surface area contributed by atoms with E-state index in [-0.39, 0.29) is 6.61 Å². The van der Waals surface area contributed by atoms with Gasteiger partial charge in [-0.1, -0.05) is 12.1 Å². The van der Waals surface area contributed by atoms with Crippen LogP contribution in [0.2, 0.25) is 0 Å². The minimum absolute atomic E-state index is 0.181. The van der Waals surface area contributed by atoms with Gasteiger partial charge < -0.3 is 9.47 Å². The van der Waals surface area contributed by atoms with E-state index in [0.29, 0.717) is 11.4 Å². The van der Waals surface area contributed by atoms with Crippen LogP contribution in [-0.4, -0.2) is 24.3 Å². The molecule has 19 heavy (non-hydrogen) atoms. The zero-order valence-corrected chi connectivity index (χ0v) is 11.0. The molecule has 6 heteroatoms. The summed E-state index contributed by atoms with van der Waals surface area (Å²) in [7, 11) is 0. The normalized spacial score (nSPS) is 14.5. The number of nitrogens with zero attached hydrogens (tertiary/aromatic N) is 1. The average Bonchev–Trinajstić information content (AvgIpc) is 2.31. The summed E-state index contributed by atoms with van der Waals surface area (Å²) in [4.78, 5) is 28.3. The zero-order valence-electron chi connectivity index (χ0n) is 11.0. The Morgan fingerprint density at radius 1 is 1.32 bits per heavy atom. The number of hydrogen-bond acceptors (Lipinski definition) is 5. The summed E-state index contributed by atoms with van der Waals surface area (Å²) in [5, 5.41) is 0.896. The summed E-state index contributed by atoms with van der Waals surface area (Å²) in [5.41, 5.74) is -0.309. The Bertz CT molecular complexity index is 506. The lowest BCUT2D eigenvalue weighted by Gasteiger charge is -2.28. The van der Waals surface area contributed by atoms with Crippen molar-refractivity contribution >= 4 is 17.7 Å². The molecule has 0 spiro atoms. The molecule has 0 radical (unpaired) electrons. The molecule has 0 fully saturated rings. The van der Waals surface area contributed by atoms with Crippen molar-refractivity contribution in [1.82, 2.24) is 0 Å². The van der Waals surface area contributed by atoms with Crippen molar-refractivity contribution in [3.8, 4) is 5.75 Å². The second-order valence-electron chi connectivity index (χ2n) is 5.00. The van der Waals surface area contributed by atoms with Crippen molar-refractivity contribution in [1.29, 1.82) is 0 Å². The predicted molar refractivity (Wildman–Crippen MR) is 66.7 cm³/mol. The van der Waals surface area contributed by atoms with E-state index in [0.717, 1.165) is 5.06 Å². The Morgan fingerprint density at radius 3 is 2.68 bits per heavy atom. The molecule has 2 rings (SSSR count). The number of para-hydroxylation sites is 2. The van der Waals surface area contributed by atoms with Gasteiger partial charge in [0.2, 0.25) is 0 Å². The van der Waals surface area contributed by atoms with E-state index in [9.17, 15) is 9.59 Å². The Labute approximate surface area is 110 Å². The third kappa shape index (κ3) is 3.15. The van der Waals surface area contributed by atoms with Crippen LogP contribution in [0.3, 0.4) is 0 Å². The molecule has 0 saturated heterocycles. The van der Waals surface area contributed by atoms with Crippen LogP contribution in [0.25, 0.3) is 0 Å². The monoisotopic (exact) mass is 265 g/mol. The van der Waals surface area contributed by atoms with E-state index in [1.54, 1.807) is 45.0 Å². The lowest BCUT2D eigenvalue weighted by molar-refractivity contribution is -0.129. The van der Waals surface area contributed by atoms with Crippen LogP contribution < -0.4 is 9.80 Å². The van der Waals surface area contributed by atoms with Gasteiger partial charge in [0.15, 0.2) is 6.61 Å². The van der Waals surface area contributed by atoms with Gasteiger partial charge in [-0.15, -0.1) is 5.06 Å². The molecule has 6 nitrogen and oxygen atoms in total. The number of ether oxygens (including phenoxy) is 2. The summed E-state index contributed by atoms with van der Waals surface area (Å²) in [6.07, 6.45) is -0.933. The Hall–Kier alpha value is -2.24. The highest BCUT2D eigenvalue weighted by molar-refractivity contribution is 5.97. The first-order valence-corrected chi connectivity index (χ1v) is 5.82. The van der Waals surface area contributed by atoms with Crippen LogP contribution in [0.5, 0.6) is 5.75 Å². The number of anilines is 1. The topological polar surface area (TPSA) is 65.1 Å². The smallest absolute Gasteiger partial charge is 0.481 e. The molecule has 1 aliphatic heterocycles. The highest BCUT2D eigenvalue weighted by Gasteiger charge is 2.30. The lowest BCUT2D eigenvalue weighted by Crippen LogP contribution is -2.41. The average molecular weight is 265 g/mol. The largest absolute Gasteiger partial charge is 0.534 e. The summed E-state index contributed by atoms with van der Waals surface area (Å²) < 4.78 is 10.2. The van der Waals surface area contributed by atoms with Crippen LogP contribution in [0.1, 0.15) is 20.8 Å². The maximum Gasteiger partial charge on any atom is 0.534 e. The maximum atomic E-state index is 11.7. The summed E-state index contributed by atoms with van der Waals surface area (Å²) >= 11 is 0. The van der Waals surface area contributed by atoms with Gasteiger partial charge in [0.05, 0.1) is 0 Å². The standard InChI is InChI=1S/C13H15NO5/c1-13(2,3)18-12(16)19-14-9-6-4-5-7-10(9)17-8-11(14)15/h4-7H,8H2,1-3H3. The molecular formula is C13H15NO5. The molecule has 1 aromatic rings. The fourth-order valence-corrected chi connectivity index (χ4v) is 1.52. The van der Waals surface area contributed by atoms with Gasteiger partial charge in [-0.3, -0.25) is 9.63 Å². The number of amides is 1. The van der Waals surface area contributed by atoms with Crippen molar-refractivity contribution in [2.45, 2.75) is 26.4 Å². The van der Waals surface area contributed by atoms with Crippen LogP contribution >= 0.6 is 0 Å². The van der Waals surface area contributed by atoms with Gasteiger partial charge >= 0.3 is 6.16 Å². The highest BCUT2D eigenvalue weighted by Crippen LogP contribution is 2.31. The van der Waals surface area contributed by atoms with Gasteiger partial charge in [-0.25, -0.2) is 4.79 Å². The molecule has 1 amide bonds. The minimum Gasteiger partial charge on any atom is -0.481 e. The zero-order chi connectivity index (χ0) is 14.0. The van der Waals surface area contributed by atoms with Crippen molar-refractivity contribution in [2.24, 2.45) is 0 Å². The van der Waals surface area contributed by atoms with Gasteiger partial charge in [-0.2, -0.15) is 0 Å². The fourth-order valence-electron chi connectivity index (χ4n) is 1.52. The molecule has 0 atom stereocenters. The second kappa shape index (κ2) is 4.79. The van der Waals surface area contributed by atoms with E-state index >= 15 is 0 Å². The van der Waals surface area contributed by atoms with Crippen molar-refractivity contribution < 1.29 is 23.9 Å². The SMILES string of the molecule is CC(C)(C)OC(=O)ON1C(=O)COc2ccccc21. The number of rotatable bonds is 1. The quantitative estimate of drug-likeness (QED) is 0.729. The van der Waals surface area contributed by atoms with E-state index in [1.807, 2.05) is 0 Å². The molecule has 0 aliphatic carbocycles. The van der Waals surface area contributed by atoms with E-state index in [1.165, 1.54) is 0 Å². The predicted octanol–water partition coefficient (Wildman–Crippen LogP) is 2.28. The number of carbonyl (C=O) groups is 2. The van der Waals surface area contributed by atoms with Crippen LogP contribution in [-0.2, 0) is 14.4 Å². The molecule has 1 heterocycles. The molecule has 0 bridgehead atoms. The molecule has 0 saturated carbocycles. The molecule has 1 aromatic carbocycles. The first-order valence-electron chi connectivity index (χ1n) is 5.82. The van der Waals surface area contributed by atoms with Crippen LogP contribution in [0.15, 0.2) is 24.3 Å². The van der Waals surface area contributed by atoms with E-state index < -0.39 is 17.7 Å². The molecule has 102 valence electrons. The molecular weight excluding hydrogens is 250 g/mol. The number of hydrogen-bond donors (Lipinski definition) is 0. The maximum absolute atomic E-state index is 11.7. The minimum atomic E-state index is -0.933. The number of hydroxylamine groups is 1. The molecule has 0 N–H and O–H groups in total. The summed E-state index contributed by atoms with van der Waals surface area (Å²) in [6.45, 7) is 4.95. The van der Waals surface area contributed by atoms with Crippen molar-refractivity contribution in [3.05, 3.63) is 24.3 Å². The number of fused-ring (bicyclic) bond motifs is 1. The first kappa shape index (κ1) is 13.2. The molecule has 0 unspecified atom stereocenters. The van der Waals surface area contributed by atoms with E-state index in [2.05, 4.69) is 0 Å². The fraction of sp³-hybridized carbons (Fsp3) is 0.385.